The third-order valence-corrected chi connectivity index (χ3v) is 9.06. The Hall–Kier alpha value is -2.56. The van der Waals surface area contributed by atoms with E-state index in [2.05, 4.69) is 39.4 Å². The monoisotopic (exact) mass is 551 g/mol. The standard InChI is InChI=1S/C27H26ClN5O2S2/c28-19-9-11-20(12-10-19)32-25(17-31-13-15-35-16-14-31)29-30-27(32)36-18-26(34)33-21-5-1-3-7-23(21)37-24-8-4-2-6-22(24)33/h1-12,21,23H,13-18H2/t21-,23-/m0/s1. The van der Waals surface area contributed by atoms with Crippen LogP contribution in [0, 0.1) is 0 Å². The fourth-order valence-electron chi connectivity index (χ4n) is 4.78. The first kappa shape index (κ1) is 24.8. The minimum Gasteiger partial charge on any atom is -0.379 e. The van der Waals surface area contributed by atoms with E-state index in [0.717, 1.165) is 35.2 Å². The number of rotatable bonds is 6. The van der Waals surface area contributed by atoms with Crippen molar-refractivity contribution in [2.45, 2.75) is 27.9 Å². The molecule has 190 valence electrons. The van der Waals surface area contributed by atoms with Gasteiger partial charge in [0.05, 0.1) is 42.5 Å². The van der Waals surface area contributed by atoms with Crippen LogP contribution in [0.3, 0.4) is 0 Å². The maximum Gasteiger partial charge on any atom is 0.238 e. The second-order valence-electron chi connectivity index (χ2n) is 8.96. The second-order valence-corrected chi connectivity index (χ2v) is 11.6. The normalized spacial score (nSPS) is 21.1. The molecule has 10 heteroatoms. The molecule has 0 saturated carbocycles. The summed E-state index contributed by atoms with van der Waals surface area (Å²) in [4.78, 5) is 19.1. The number of ether oxygens (including phenoxy) is 1. The smallest absolute Gasteiger partial charge is 0.238 e. The van der Waals surface area contributed by atoms with E-state index in [1.807, 2.05) is 69.8 Å². The number of allylic oxidation sites excluding steroid dienone is 2. The molecule has 1 amide bonds. The molecule has 2 aromatic carbocycles. The van der Waals surface area contributed by atoms with E-state index in [-0.39, 0.29) is 23.0 Å². The van der Waals surface area contributed by atoms with Gasteiger partial charge < -0.3 is 9.64 Å². The van der Waals surface area contributed by atoms with Crippen LogP contribution < -0.4 is 4.90 Å². The Labute approximate surface area is 229 Å². The maximum absolute atomic E-state index is 13.7. The van der Waals surface area contributed by atoms with Crippen molar-refractivity contribution in [1.29, 1.82) is 0 Å². The second kappa shape index (κ2) is 11.0. The summed E-state index contributed by atoms with van der Waals surface area (Å²) in [7, 11) is 0. The number of aromatic nitrogens is 3. The van der Waals surface area contributed by atoms with Gasteiger partial charge >= 0.3 is 0 Å². The van der Waals surface area contributed by atoms with Crippen molar-refractivity contribution < 1.29 is 9.53 Å². The van der Waals surface area contributed by atoms with E-state index < -0.39 is 0 Å². The number of hydrogen-bond donors (Lipinski definition) is 0. The van der Waals surface area contributed by atoms with Crippen molar-refractivity contribution >= 4 is 46.7 Å². The molecule has 3 heterocycles. The topological polar surface area (TPSA) is 63.5 Å². The molecule has 1 fully saturated rings. The van der Waals surface area contributed by atoms with Crippen LogP contribution in [0.1, 0.15) is 5.82 Å². The molecule has 0 spiro atoms. The number of hydrogen-bond acceptors (Lipinski definition) is 7. The van der Waals surface area contributed by atoms with E-state index in [4.69, 9.17) is 16.3 Å². The van der Waals surface area contributed by atoms with E-state index in [1.54, 1.807) is 0 Å². The van der Waals surface area contributed by atoms with Crippen LogP contribution in [0.15, 0.2) is 82.9 Å². The van der Waals surface area contributed by atoms with E-state index in [1.165, 1.54) is 11.8 Å². The summed E-state index contributed by atoms with van der Waals surface area (Å²) in [5.41, 5.74) is 1.89. The molecule has 3 aromatic rings. The van der Waals surface area contributed by atoms with Crippen LogP contribution >= 0.6 is 35.1 Å². The lowest BCUT2D eigenvalue weighted by Gasteiger charge is -2.40. The molecule has 7 nitrogen and oxygen atoms in total. The molecule has 1 aromatic heterocycles. The Bertz CT molecular complexity index is 1340. The SMILES string of the molecule is O=C(CSc1nnc(CN2CCOCC2)n1-c1ccc(Cl)cc1)N1c2ccccc2S[C@H]2C=CC=C[C@@H]21. The van der Waals surface area contributed by atoms with Gasteiger partial charge in [0.15, 0.2) is 11.0 Å². The van der Waals surface area contributed by atoms with Gasteiger partial charge in [-0.1, -0.05) is 59.8 Å². The summed E-state index contributed by atoms with van der Waals surface area (Å²) in [5, 5.41) is 10.6. The summed E-state index contributed by atoms with van der Waals surface area (Å²) < 4.78 is 7.54. The average molecular weight is 552 g/mol. The number of morpholine rings is 1. The predicted octanol–water partition coefficient (Wildman–Crippen LogP) is 4.85. The number of para-hydroxylation sites is 1. The Balaban J connectivity index is 1.26. The highest BCUT2D eigenvalue weighted by Crippen LogP contribution is 2.43. The van der Waals surface area contributed by atoms with Crippen LogP contribution in [0.5, 0.6) is 0 Å². The number of anilines is 1. The van der Waals surface area contributed by atoms with Crippen LogP contribution in [0.2, 0.25) is 5.02 Å². The number of nitrogens with zero attached hydrogens (tertiary/aromatic N) is 5. The van der Waals surface area contributed by atoms with Crippen LogP contribution in [-0.2, 0) is 16.1 Å². The van der Waals surface area contributed by atoms with Crippen molar-refractivity contribution in [3.8, 4) is 5.69 Å². The van der Waals surface area contributed by atoms with Gasteiger partial charge in [0, 0.05) is 28.7 Å². The highest BCUT2D eigenvalue weighted by atomic mass is 35.5. The largest absolute Gasteiger partial charge is 0.379 e. The third-order valence-electron chi connectivity index (χ3n) is 6.59. The molecule has 0 N–H and O–H groups in total. The number of halogens is 1. The molecule has 37 heavy (non-hydrogen) atoms. The lowest BCUT2D eigenvalue weighted by Crippen LogP contribution is -2.48. The van der Waals surface area contributed by atoms with Crippen molar-refractivity contribution in [2.75, 3.05) is 37.0 Å². The minimum absolute atomic E-state index is 0.0102. The molecular weight excluding hydrogens is 526 g/mol. The van der Waals surface area contributed by atoms with Crippen molar-refractivity contribution in [3.05, 3.63) is 83.7 Å². The molecule has 6 rings (SSSR count). The highest BCUT2D eigenvalue weighted by molar-refractivity contribution is 8.00. The quantitative estimate of drug-likeness (QED) is 0.406. The molecule has 1 aliphatic carbocycles. The fourth-order valence-corrected chi connectivity index (χ4v) is 7.00. The molecule has 0 unspecified atom stereocenters. The van der Waals surface area contributed by atoms with Gasteiger partial charge in [-0.25, -0.2) is 0 Å². The van der Waals surface area contributed by atoms with Crippen molar-refractivity contribution in [3.63, 3.8) is 0 Å². The Kier molecular flexibility index (Phi) is 7.39. The van der Waals surface area contributed by atoms with Crippen molar-refractivity contribution in [1.82, 2.24) is 19.7 Å². The zero-order valence-electron chi connectivity index (χ0n) is 20.1. The number of amides is 1. The molecule has 1 saturated heterocycles. The number of benzene rings is 2. The predicted molar refractivity (Wildman–Crippen MR) is 149 cm³/mol. The van der Waals surface area contributed by atoms with Gasteiger partial charge in [0.1, 0.15) is 0 Å². The van der Waals surface area contributed by atoms with Gasteiger partial charge in [-0.15, -0.1) is 22.0 Å². The van der Waals surface area contributed by atoms with Gasteiger partial charge in [-0.2, -0.15) is 0 Å². The third kappa shape index (κ3) is 5.24. The zero-order valence-corrected chi connectivity index (χ0v) is 22.5. The average Bonchev–Trinajstić information content (AvgIpc) is 3.33. The minimum atomic E-state index is -0.0102. The number of carbonyl (C=O) groups excluding carboxylic acids is 1. The first-order valence-corrected chi connectivity index (χ1v) is 14.5. The summed E-state index contributed by atoms with van der Waals surface area (Å²) >= 11 is 9.39. The molecule has 0 radical (unpaired) electrons. The van der Waals surface area contributed by atoms with Gasteiger partial charge in [-0.3, -0.25) is 14.3 Å². The van der Waals surface area contributed by atoms with Gasteiger partial charge in [-0.05, 0) is 36.4 Å². The zero-order chi connectivity index (χ0) is 25.2. The molecule has 2 atom stereocenters. The highest BCUT2D eigenvalue weighted by Gasteiger charge is 2.36. The molecule has 3 aliphatic rings. The van der Waals surface area contributed by atoms with Crippen LogP contribution in [0.4, 0.5) is 5.69 Å². The first-order valence-electron chi connectivity index (χ1n) is 12.2. The molecule has 2 aliphatic heterocycles. The van der Waals surface area contributed by atoms with Gasteiger partial charge in [0.2, 0.25) is 5.91 Å². The van der Waals surface area contributed by atoms with Crippen molar-refractivity contribution in [2.24, 2.45) is 0 Å². The van der Waals surface area contributed by atoms with Crippen LogP contribution in [0.25, 0.3) is 5.69 Å². The van der Waals surface area contributed by atoms with E-state index in [0.29, 0.717) is 29.9 Å². The Morgan fingerprint density at radius 2 is 1.84 bits per heavy atom. The van der Waals surface area contributed by atoms with Crippen LogP contribution in [-0.4, -0.2) is 68.9 Å². The Morgan fingerprint density at radius 3 is 2.68 bits per heavy atom. The summed E-state index contributed by atoms with van der Waals surface area (Å²) in [5.74, 6) is 1.13. The maximum atomic E-state index is 13.7. The lowest BCUT2D eigenvalue weighted by atomic mass is 10.0. The molecular formula is C27H26ClN5O2S2. The van der Waals surface area contributed by atoms with E-state index in [9.17, 15) is 4.79 Å². The number of fused-ring (bicyclic) bond motifs is 2. The first-order chi connectivity index (χ1) is 18.2. The molecule has 0 bridgehead atoms. The summed E-state index contributed by atoms with van der Waals surface area (Å²) in [6, 6.07) is 15.8. The number of thioether (sulfide) groups is 2. The Morgan fingerprint density at radius 1 is 1.05 bits per heavy atom. The number of carbonyl (C=O) groups is 1. The summed E-state index contributed by atoms with van der Waals surface area (Å²) in [6.45, 7) is 3.79. The summed E-state index contributed by atoms with van der Waals surface area (Å²) in [6.07, 6.45) is 8.38. The fraction of sp³-hybridized carbons (Fsp3) is 0.296. The van der Waals surface area contributed by atoms with E-state index >= 15 is 0 Å². The van der Waals surface area contributed by atoms with Gasteiger partial charge in [0.25, 0.3) is 0 Å². The lowest BCUT2D eigenvalue weighted by molar-refractivity contribution is -0.116.